The minimum atomic E-state index is -0.855. The Morgan fingerprint density at radius 2 is 1.90 bits per heavy atom. The van der Waals surface area contributed by atoms with Crippen molar-refractivity contribution in [2.24, 2.45) is 5.84 Å². The first-order chi connectivity index (χ1) is 9.52. The summed E-state index contributed by atoms with van der Waals surface area (Å²) in [5, 5.41) is 0. The van der Waals surface area contributed by atoms with Crippen LogP contribution in [0.15, 0.2) is 45.3 Å². The molecule has 0 spiro atoms. The Bertz CT molecular complexity index is 620. The van der Waals surface area contributed by atoms with Crippen molar-refractivity contribution in [1.29, 1.82) is 0 Å². The number of hydrogen-bond acceptors (Lipinski definition) is 2. The lowest BCUT2D eigenvalue weighted by Crippen LogP contribution is -2.30. The zero-order chi connectivity index (χ0) is 14.7. The number of nitrogens with one attached hydrogen (secondary N) is 1. The van der Waals surface area contributed by atoms with E-state index in [0.29, 0.717) is 0 Å². The van der Waals surface area contributed by atoms with Gasteiger partial charge >= 0.3 is 0 Å². The molecule has 0 saturated heterocycles. The maximum Gasteiger partial charge on any atom is 0.162 e. The van der Waals surface area contributed by atoms with Crippen molar-refractivity contribution in [3.63, 3.8) is 0 Å². The lowest BCUT2D eigenvalue weighted by Gasteiger charge is -2.18. The van der Waals surface area contributed by atoms with Gasteiger partial charge in [-0.2, -0.15) is 0 Å². The second-order valence-corrected chi connectivity index (χ2v) is 6.07. The number of nitrogens with two attached hydrogens (primary N) is 1. The summed E-state index contributed by atoms with van der Waals surface area (Å²) in [5.41, 5.74) is 3.79. The average molecular weight is 406 g/mol. The van der Waals surface area contributed by atoms with Crippen molar-refractivity contribution < 1.29 is 8.78 Å². The van der Waals surface area contributed by atoms with Crippen LogP contribution in [0.25, 0.3) is 0 Å². The van der Waals surface area contributed by atoms with Gasteiger partial charge in [0.15, 0.2) is 11.6 Å². The predicted octanol–water partition coefficient (Wildman–Crippen LogP) is 4.24. The number of rotatable bonds is 4. The second-order valence-electron chi connectivity index (χ2n) is 4.30. The monoisotopic (exact) mass is 404 g/mol. The Morgan fingerprint density at radius 3 is 2.60 bits per heavy atom. The fraction of sp³-hybridized carbons (Fsp3) is 0.143. The minimum Gasteiger partial charge on any atom is -0.271 e. The van der Waals surface area contributed by atoms with Crippen LogP contribution in [0.1, 0.15) is 17.2 Å². The molecule has 0 aliphatic heterocycles. The molecule has 0 aliphatic carbocycles. The van der Waals surface area contributed by atoms with Crippen LogP contribution in [-0.4, -0.2) is 0 Å². The molecule has 0 amide bonds. The first kappa shape index (κ1) is 15.6. The van der Waals surface area contributed by atoms with Crippen molar-refractivity contribution in [3.8, 4) is 0 Å². The van der Waals surface area contributed by atoms with Gasteiger partial charge < -0.3 is 0 Å². The molecule has 0 heterocycles. The second kappa shape index (κ2) is 6.76. The molecule has 0 radical (unpaired) electrons. The molecule has 0 saturated carbocycles. The standard InChI is InChI=1S/C14H12Br2F2N2/c15-9-4-5-11(16)10(7-9)13(20-19)6-8-2-1-3-12(17)14(8)18/h1-5,7,13,20H,6,19H2. The third-order valence-electron chi connectivity index (χ3n) is 2.99. The minimum absolute atomic E-state index is 0.245. The largest absolute Gasteiger partial charge is 0.271 e. The highest BCUT2D eigenvalue weighted by Crippen LogP contribution is 2.29. The summed E-state index contributed by atoms with van der Waals surface area (Å²) in [7, 11) is 0. The Kier molecular flexibility index (Phi) is 5.26. The molecule has 1 unspecified atom stereocenters. The Hall–Kier alpha value is -0.820. The summed E-state index contributed by atoms with van der Waals surface area (Å²) in [6.07, 6.45) is 0.245. The van der Waals surface area contributed by atoms with E-state index >= 15 is 0 Å². The van der Waals surface area contributed by atoms with E-state index in [0.717, 1.165) is 20.6 Å². The van der Waals surface area contributed by atoms with E-state index in [1.807, 2.05) is 18.2 Å². The number of hydrogen-bond donors (Lipinski definition) is 2. The Labute approximate surface area is 132 Å². The molecule has 0 fully saturated rings. The van der Waals surface area contributed by atoms with Gasteiger partial charge in [-0.15, -0.1) is 0 Å². The molecule has 6 heteroatoms. The van der Waals surface area contributed by atoms with Crippen LogP contribution in [0.4, 0.5) is 8.78 Å². The topological polar surface area (TPSA) is 38.0 Å². The van der Waals surface area contributed by atoms with Gasteiger partial charge in [-0.3, -0.25) is 11.3 Å². The summed E-state index contributed by atoms with van der Waals surface area (Å²) in [4.78, 5) is 0. The van der Waals surface area contributed by atoms with Crippen LogP contribution >= 0.6 is 31.9 Å². The fourth-order valence-electron chi connectivity index (χ4n) is 1.97. The van der Waals surface area contributed by atoms with E-state index < -0.39 is 11.6 Å². The van der Waals surface area contributed by atoms with E-state index in [9.17, 15) is 8.78 Å². The first-order valence-electron chi connectivity index (χ1n) is 5.87. The molecule has 2 aromatic rings. The van der Waals surface area contributed by atoms with Gasteiger partial charge in [0.1, 0.15) is 0 Å². The summed E-state index contributed by atoms with van der Waals surface area (Å²) >= 11 is 6.82. The Balaban J connectivity index is 2.34. The van der Waals surface area contributed by atoms with Crippen LogP contribution in [0.3, 0.4) is 0 Å². The molecule has 2 aromatic carbocycles. The zero-order valence-electron chi connectivity index (χ0n) is 10.3. The van der Waals surface area contributed by atoms with Crippen molar-refractivity contribution in [1.82, 2.24) is 5.43 Å². The molecular weight excluding hydrogens is 394 g/mol. The molecule has 2 nitrogen and oxygen atoms in total. The number of hydrazine groups is 1. The number of halogens is 4. The molecule has 0 aliphatic rings. The normalized spacial score (nSPS) is 12.4. The summed E-state index contributed by atoms with van der Waals surface area (Å²) < 4.78 is 28.7. The quantitative estimate of drug-likeness (QED) is 0.589. The van der Waals surface area contributed by atoms with Crippen molar-refractivity contribution in [3.05, 3.63) is 68.1 Å². The van der Waals surface area contributed by atoms with E-state index in [4.69, 9.17) is 5.84 Å². The molecule has 20 heavy (non-hydrogen) atoms. The lowest BCUT2D eigenvalue weighted by molar-refractivity contribution is 0.481. The van der Waals surface area contributed by atoms with Gasteiger partial charge in [0.25, 0.3) is 0 Å². The third kappa shape index (κ3) is 3.44. The first-order valence-corrected chi connectivity index (χ1v) is 7.45. The maximum absolute atomic E-state index is 13.7. The van der Waals surface area contributed by atoms with E-state index in [-0.39, 0.29) is 18.0 Å². The summed E-state index contributed by atoms with van der Waals surface area (Å²) in [6, 6.07) is 9.42. The van der Waals surface area contributed by atoms with Crippen LogP contribution in [0.5, 0.6) is 0 Å². The van der Waals surface area contributed by atoms with Crippen LogP contribution in [0.2, 0.25) is 0 Å². The predicted molar refractivity (Wildman–Crippen MR) is 82.0 cm³/mol. The molecule has 0 aromatic heterocycles. The van der Waals surface area contributed by atoms with Gasteiger partial charge in [-0.25, -0.2) is 8.78 Å². The number of benzene rings is 2. The molecule has 0 bridgehead atoms. The zero-order valence-corrected chi connectivity index (χ0v) is 13.5. The van der Waals surface area contributed by atoms with E-state index in [1.54, 1.807) is 6.07 Å². The van der Waals surface area contributed by atoms with Crippen LogP contribution in [0, 0.1) is 11.6 Å². The SMILES string of the molecule is NNC(Cc1cccc(F)c1F)c1cc(Br)ccc1Br. The van der Waals surface area contributed by atoms with Crippen molar-refractivity contribution in [2.45, 2.75) is 12.5 Å². The smallest absolute Gasteiger partial charge is 0.162 e. The highest BCUT2D eigenvalue weighted by molar-refractivity contribution is 9.11. The van der Waals surface area contributed by atoms with Gasteiger partial charge in [-0.05, 0) is 41.8 Å². The van der Waals surface area contributed by atoms with Crippen LogP contribution in [-0.2, 0) is 6.42 Å². The van der Waals surface area contributed by atoms with Crippen LogP contribution < -0.4 is 11.3 Å². The van der Waals surface area contributed by atoms with Crippen molar-refractivity contribution in [2.75, 3.05) is 0 Å². The third-order valence-corrected chi connectivity index (χ3v) is 4.21. The van der Waals surface area contributed by atoms with Gasteiger partial charge in [-0.1, -0.05) is 44.0 Å². The fourth-order valence-corrected chi connectivity index (χ4v) is 2.87. The van der Waals surface area contributed by atoms with Gasteiger partial charge in [0.2, 0.25) is 0 Å². The van der Waals surface area contributed by atoms with Gasteiger partial charge in [0, 0.05) is 8.95 Å². The molecule has 2 rings (SSSR count). The Morgan fingerprint density at radius 1 is 1.15 bits per heavy atom. The lowest BCUT2D eigenvalue weighted by atomic mass is 9.99. The van der Waals surface area contributed by atoms with Crippen molar-refractivity contribution >= 4 is 31.9 Å². The van der Waals surface area contributed by atoms with Gasteiger partial charge in [0.05, 0.1) is 6.04 Å². The molecule has 106 valence electrons. The summed E-state index contributed by atoms with van der Waals surface area (Å²) in [5.74, 6) is 3.87. The highest BCUT2D eigenvalue weighted by Gasteiger charge is 2.17. The average Bonchev–Trinajstić information content (AvgIpc) is 2.43. The molecular formula is C14H12Br2F2N2. The maximum atomic E-state index is 13.7. The molecule has 1 atom stereocenters. The molecule has 3 N–H and O–H groups in total. The highest BCUT2D eigenvalue weighted by atomic mass is 79.9. The van der Waals surface area contributed by atoms with E-state index in [2.05, 4.69) is 37.3 Å². The summed E-state index contributed by atoms with van der Waals surface area (Å²) in [6.45, 7) is 0. The van der Waals surface area contributed by atoms with E-state index in [1.165, 1.54) is 6.07 Å².